The quantitative estimate of drug-likeness (QED) is 0.853. The third-order valence-corrected chi connectivity index (χ3v) is 3.50. The first-order valence-electron chi connectivity index (χ1n) is 7.31. The van der Waals surface area contributed by atoms with Crippen LogP contribution < -0.4 is 19.5 Å². The van der Waals surface area contributed by atoms with Gasteiger partial charge in [-0.25, -0.2) is 0 Å². The Bertz CT molecular complexity index is 653. The van der Waals surface area contributed by atoms with Gasteiger partial charge < -0.3 is 19.5 Å². The van der Waals surface area contributed by atoms with E-state index in [2.05, 4.69) is 5.32 Å². The minimum atomic E-state index is -0.139. The molecule has 0 bridgehead atoms. The Labute approximate surface area is 136 Å². The van der Waals surface area contributed by atoms with Gasteiger partial charge in [0.05, 0.1) is 21.3 Å². The van der Waals surface area contributed by atoms with Crippen molar-refractivity contribution in [2.45, 2.75) is 6.42 Å². The number of hydrogen-bond donors (Lipinski definition) is 1. The van der Waals surface area contributed by atoms with E-state index in [1.165, 1.54) is 0 Å². The van der Waals surface area contributed by atoms with Crippen LogP contribution in [0.4, 0.5) is 0 Å². The molecule has 0 aliphatic heterocycles. The average molecular weight is 315 g/mol. The third-order valence-electron chi connectivity index (χ3n) is 3.50. The van der Waals surface area contributed by atoms with Crippen LogP contribution >= 0.6 is 0 Å². The molecule has 0 atom stereocenters. The zero-order valence-corrected chi connectivity index (χ0v) is 13.6. The topological polar surface area (TPSA) is 56.8 Å². The van der Waals surface area contributed by atoms with Gasteiger partial charge in [-0.3, -0.25) is 4.79 Å². The number of rotatable bonds is 7. The minimum absolute atomic E-state index is 0.139. The second-order valence-electron chi connectivity index (χ2n) is 4.92. The Balaban J connectivity index is 1.91. The van der Waals surface area contributed by atoms with Crippen molar-refractivity contribution in [2.75, 3.05) is 27.9 Å². The fourth-order valence-corrected chi connectivity index (χ4v) is 2.19. The molecule has 0 heterocycles. The van der Waals surface area contributed by atoms with Gasteiger partial charge in [0.1, 0.15) is 5.75 Å². The Hall–Kier alpha value is -2.69. The minimum Gasteiger partial charge on any atom is -0.497 e. The van der Waals surface area contributed by atoms with E-state index in [-0.39, 0.29) is 5.91 Å². The summed E-state index contributed by atoms with van der Waals surface area (Å²) in [6.45, 7) is 0.555. The molecule has 122 valence electrons. The van der Waals surface area contributed by atoms with Crippen molar-refractivity contribution < 1.29 is 19.0 Å². The van der Waals surface area contributed by atoms with Crippen LogP contribution in [0.1, 0.15) is 15.9 Å². The molecule has 1 N–H and O–H groups in total. The van der Waals surface area contributed by atoms with Gasteiger partial charge in [-0.15, -0.1) is 0 Å². The molecule has 0 aliphatic carbocycles. The fourth-order valence-electron chi connectivity index (χ4n) is 2.19. The van der Waals surface area contributed by atoms with Gasteiger partial charge in [0.2, 0.25) is 0 Å². The number of ether oxygens (including phenoxy) is 3. The highest BCUT2D eigenvalue weighted by molar-refractivity contribution is 5.94. The number of methoxy groups -OCH3 is 3. The largest absolute Gasteiger partial charge is 0.497 e. The molecule has 2 aromatic rings. The van der Waals surface area contributed by atoms with E-state index in [1.54, 1.807) is 39.5 Å². The second-order valence-corrected chi connectivity index (χ2v) is 4.92. The number of benzene rings is 2. The van der Waals surface area contributed by atoms with Gasteiger partial charge in [-0.1, -0.05) is 12.1 Å². The summed E-state index contributed by atoms with van der Waals surface area (Å²) in [5, 5.41) is 2.90. The Morgan fingerprint density at radius 3 is 2.22 bits per heavy atom. The van der Waals surface area contributed by atoms with Gasteiger partial charge in [-0.05, 0) is 42.3 Å². The van der Waals surface area contributed by atoms with Crippen LogP contribution in [0.15, 0.2) is 42.5 Å². The van der Waals surface area contributed by atoms with Gasteiger partial charge in [0.25, 0.3) is 5.91 Å². The molecule has 0 fully saturated rings. The lowest BCUT2D eigenvalue weighted by molar-refractivity contribution is 0.0953. The molecular weight excluding hydrogens is 294 g/mol. The molecule has 1 amide bonds. The van der Waals surface area contributed by atoms with Gasteiger partial charge >= 0.3 is 0 Å². The summed E-state index contributed by atoms with van der Waals surface area (Å²) < 4.78 is 15.5. The molecule has 2 aromatic carbocycles. The number of nitrogens with one attached hydrogen (secondary N) is 1. The molecule has 0 spiro atoms. The first kappa shape index (κ1) is 16.7. The third kappa shape index (κ3) is 4.39. The summed E-state index contributed by atoms with van der Waals surface area (Å²) in [6.07, 6.45) is 0.753. The first-order valence-corrected chi connectivity index (χ1v) is 7.31. The summed E-state index contributed by atoms with van der Waals surface area (Å²) in [5.74, 6) is 1.82. The maximum absolute atomic E-state index is 12.2. The molecular formula is C18H21NO4. The zero-order chi connectivity index (χ0) is 16.7. The molecule has 0 radical (unpaired) electrons. The summed E-state index contributed by atoms with van der Waals surface area (Å²) in [7, 11) is 4.74. The molecule has 0 unspecified atom stereocenters. The monoisotopic (exact) mass is 315 g/mol. The van der Waals surface area contributed by atoms with Crippen molar-refractivity contribution in [2.24, 2.45) is 0 Å². The zero-order valence-electron chi connectivity index (χ0n) is 13.6. The van der Waals surface area contributed by atoms with Crippen LogP contribution in [-0.4, -0.2) is 33.8 Å². The molecule has 2 rings (SSSR count). The predicted octanol–water partition coefficient (Wildman–Crippen LogP) is 2.68. The highest BCUT2D eigenvalue weighted by atomic mass is 16.5. The average Bonchev–Trinajstić information content (AvgIpc) is 2.61. The van der Waals surface area contributed by atoms with Crippen molar-refractivity contribution in [3.63, 3.8) is 0 Å². The van der Waals surface area contributed by atoms with Crippen molar-refractivity contribution in [1.29, 1.82) is 0 Å². The Morgan fingerprint density at radius 2 is 1.61 bits per heavy atom. The number of carbonyl (C=O) groups is 1. The molecule has 5 nitrogen and oxygen atoms in total. The SMILES string of the molecule is COc1ccc(CCNC(=O)c2ccc(OC)c(OC)c2)cc1. The number of amides is 1. The van der Waals surface area contributed by atoms with Gasteiger partial charge in [0.15, 0.2) is 11.5 Å². The number of hydrogen-bond acceptors (Lipinski definition) is 4. The van der Waals surface area contributed by atoms with E-state index in [0.717, 1.165) is 17.7 Å². The predicted molar refractivity (Wildman–Crippen MR) is 88.6 cm³/mol. The molecule has 0 saturated carbocycles. The van der Waals surface area contributed by atoms with Crippen molar-refractivity contribution in [3.8, 4) is 17.2 Å². The molecule has 0 aromatic heterocycles. The van der Waals surface area contributed by atoms with E-state index in [4.69, 9.17) is 14.2 Å². The smallest absolute Gasteiger partial charge is 0.251 e. The van der Waals surface area contributed by atoms with E-state index in [9.17, 15) is 4.79 Å². The molecule has 5 heteroatoms. The lowest BCUT2D eigenvalue weighted by Crippen LogP contribution is -2.25. The van der Waals surface area contributed by atoms with Gasteiger partial charge in [0, 0.05) is 12.1 Å². The van der Waals surface area contributed by atoms with Crippen molar-refractivity contribution in [3.05, 3.63) is 53.6 Å². The molecule has 23 heavy (non-hydrogen) atoms. The van der Waals surface area contributed by atoms with E-state index >= 15 is 0 Å². The standard InChI is InChI=1S/C18H21NO4/c1-21-15-7-4-13(5-8-15)10-11-19-18(20)14-6-9-16(22-2)17(12-14)23-3/h4-9,12H,10-11H2,1-3H3,(H,19,20). The molecule has 0 aliphatic rings. The normalized spacial score (nSPS) is 10.0. The maximum Gasteiger partial charge on any atom is 0.251 e. The molecule has 0 saturated heterocycles. The second kappa shape index (κ2) is 8.08. The fraction of sp³-hybridized carbons (Fsp3) is 0.278. The highest BCUT2D eigenvalue weighted by Gasteiger charge is 2.10. The lowest BCUT2D eigenvalue weighted by atomic mass is 10.1. The highest BCUT2D eigenvalue weighted by Crippen LogP contribution is 2.27. The van der Waals surface area contributed by atoms with Crippen LogP contribution in [0.2, 0.25) is 0 Å². The van der Waals surface area contributed by atoms with Crippen LogP contribution in [0.5, 0.6) is 17.2 Å². The first-order chi connectivity index (χ1) is 11.2. The summed E-state index contributed by atoms with van der Waals surface area (Å²) in [5.41, 5.74) is 1.68. The van der Waals surface area contributed by atoms with Gasteiger partial charge in [-0.2, -0.15) is 0 Å². The summed E-state index contributed by atoms with van der Waals surface area (Å²) >= 11 is 0. The maximum atomic E-state index is 12.2. The van der Waals surface area contributed by atoms with Crippen LogP contribution in [-0.2, 0) is 6.42 Å². The van der Waals surface area contributed by atoms with Crippen molar-refractivity contribution in [1.82, 2.24) is 5.32 Å². The van der Waals surface area contributed by atoms with Crippen LogP contribution in [0.3, 0.4) is 0 Å². The van der Waals surface area contributed by atoms with Crippen molar-refractivity contribution >= 4 is 5.91 Å². The van der Waals surface area contributed by atoms with Crippen LogP contribution in [0.25, 0.3) is 0 Å². The van der Waals surface area contributed by atoms with E-state index in [0.29, 0.717) is 23.6 Å². The summed E-state index contributed by atoms with van der Waals surface area (Å²) in [4.78, 5) is 12.2. The summed E-state index contributed by atoms with van der Waals surface area (Å²) in [6, 6.07) is 12.9. The lowest BCUT2D eigenvalue weighted by Gasteiger charge is -2.10. The Morgan fingerprint density at radius 1 is 0.913 bits per heavy atom. The Kier molecular flexibility index (Phi) is 5.86. The van der Waals surface area contributed by atoms with E-state index in [1.807, 2.05) is 24.3 Å². The van der Waals surface area contributed by atoms with E-state index < -0.39 is 0 Å². The van der Waals surface area contributed by atoms with Crippen LogP contribution in [0, 0.1) is 0 Å². The number of carbonyl (C=O) groups excluding carboxylic acids is 1.